The third-order valence-corrected chi connectivity index (χ3v) is 9.75. The van der Waals surface area contributed by atoms with Crippen molar-refractivity contribution in [3.63, 3.8) is 0 Å². The highest BCUT2D eigenvalue weighted by molar-refractivity contribution is 9.09. The van der Waals surface area contributed by atoms with Crippen molar-refractivity contribution >= 4 is 62.5 Å². The number of allylic oxidation sites excluding steroid dienone is 2. The number of nitrogens with zero attached hydrogens (tertiary/aromatic N) is 4. The Bertz CT molecular complexity index is 1680. The molecule has 0 spiro atoms. The van der Waals surface area contributed by atoms with E-state index < -0.39 is 44.9 Å². The number of hydrogen-bond donors (Lipinski definition) is 1. The van der Waals surface area contributed by atoms with E-state index in [-0.39, 0.29) is 34.8 Å². The predicted molar refractivity (Wildman–Crippen MR) is 145 cm³/mol. The van der Waals surface area contributed by atoms with E-state index >= 15 is 0 Å². The zero-order valence-corrected chi connectivity index (χ0v) is 23.2. The van der Waals surface area contributed by atoms with Crippen molar-refractivity contribution in [2.24, 2.45) is 0 Å². The molecule has 0 bridgehead atoms. The van der Waals surface area contributed by atoms with Gasteiger partial charge in [0.15, 0.2) is 9.75 Å². The molecule has 13 heteroatoms. The van der Waals surface area contributed by atoms with Gasteiger partial charge in [-0.3, -0.25) is 14.5 Å². The molecule has 2 aromatic carbocycles. The monoisotopic (exact) mass is 638 g/mol. The Hall–Kier alpha value is -2.79. The van der Waals surface area contributed by atoms with Crippen LogP contribution in [0.2, 0.25) is 5.02 Å². The van der Waals surface area contributed by atoms with Crippen molar-refractivity contribution < 1.29 is 14.7 Å². The molecule has 1 N–H and O–H groups in total. The molecule has 1 saturated heterocycles. The van der Waals surface area contributed by atoms with Crippen LogP contribution in [0.3, 0.4) is 0 Å². The minimum absolute atomic E-state index is 0.00980. The van der Waals surface area contributed by atoms with E-state index in [1.54, 1.807) is 36.4 Å². The van der Waals surface area contributed by atoms with Crippen LogP contribution in [0.25, 0.3) is 5.69 Å². The minimum Gasteiger partial charge on any atom is -0.508 e. The molecule has 2 fully saturated rings. The molecule has 4 atom stereocenters. The van der Waals surface area contributed by atoms with E-state index in [1.165, 1.54) is 27.6 Å². The first-order chi connectivity index (χ1) is 18.1. The maximum atomic E-state index is 13.8. The van der Waals surface area contributed by atoms with Crippen LogP contribution in [-0.2, 0) is 16.1 Å². The third kappa shape index (κ3) is 3.11. The predicted octanol–water partition coefficient (Wildman–Crippen LogP) is 3.50. The van der Waals surface area contributed by atoms with Gasteiger partial charge in [-0.15, -0.1) is 23.2 Å². The fraction of sp³-hybridized carbons (Fsp3) is 0.280. The van der Waals surface area contributed by atoms with Gasteiger partial charge >= 0.3 is 11.4 Å². The van der Waals surface area contributed by atoms with Crippen molar-refractivity contribution in [2.45, 2.75) is 34.7 Å². The number of phenolic OH excluding ortho intramolecular Hbond substituents is 1. The van der Waals surface area contributed by atoms with Gasteiger partial charge < -0.3 is 5.11 Å². The van der Waals surface area contributed by atoms with Gasteiger partial charge in [0.25, 0.3) is 11.8 Å². The molecule has 3 heterocycles. The van der Waals surface area contributed by atoms with E-state index in [1.807, 2.05) is 0 Å². The number of benzene rings is 2. The number of halogens is 4. The largest absolute Gasteiger partial charge is 0.508 e. The summed E-state index contributed by atoms with van der Waals surface area (Å²) in [4.78, 5) is 51.3. The molecule has 2 aliphatic heterocycles. The van der Waals surface area contributed by atoms with Crippen LogP contribution in [0.1, 0.15) is 23.9 Å². The molecule has 1 aromatic heterocycles. The molecule has 1 saturated carbocycles. The molecule has 2 amide bonds. The second-order valence-electron chi connectivity index (χ2n) is 9.39. The molecular formula is C25H18BrCl3N4O5. The Kier molecular flexibility index (Phi) is 5.77. The minimum atomic E-state index is -2.04. The van der Waals surface area contributed by atoms with Crippen molar-refractivity contribution in [3.05, 3.63) is 91.7 Å². The van der Waals surface area contributed by atoms with Crippen LogP contribution in [0.15, 0.2) is 69.8 Å². The molecule has 0 unspecified atom stereocenters. The molecule has 0 radical (unpaired) electrons. The summed E-state index contributed by atoms with van der Waals surface area (Å²) in [7, 11) is 0. The number of carbonyl (C=O) groups excluding carboxylic acids is 2. The van der Waals surface area contributed by atoms with Gasteiger partial charge in [0.1, 0.15) is 5.75 Å². The lowest BCUT2D eigenvalue weighted by Crippen LogP contribution is -2.59. The number of amides is 2. The van der Waals surface area contributed by atoms with E-state index in [0.717, 1.165) is 9.47 Å². The van der Waals surface area contributed by atoms with Crippen LogP contribution in [0.4, 0.5) is 0 Å². The normalized spacial score (nSPS) is 28.1. The first-order valence-corrected chi connectivity index (χ1v) is 13.8. The number of aromatic hydroxyl groups is 1. The molecule has 6 rings (SSSR count). The van der Waals surface area contributed by atoms with Crippen LogP contribution in [0.5, 0.6) is 5.75 Å². The zero-order chi connectivity index (χ0) is 27.1. The lowest BCUT2D eigenvalue weighted by molar-refractivity contribution is -0.138. The van der Waals surface area contributed by atoms with Gasteiger partial charge in [0, 0.05) is 22.9 Å². The van der Waals surface area contributed by atoms with Gasteiger partial charge in [-0.2, -0.15) is 0 Å². The van der Waals surface area contributed by atoms with Crippen LogP contribution >= 0.6 is 50.7 Å². The standard InChI is InChI=1S/C25H18BrCl3N4O5/c26-12-30-20(35)24(28)11-17-15(19(25(24,29)21(30)36)16-10-13(27)6-7-18(16)34)8-9-31-22(37)32(23(38)33(17)31)14-4-2-1-3-5-14/h1-8,10,17,19,34H,9,11-12H2/t17-,19-,24-,25+/m1/s1. The Morgan fingerprint density at radius 2 is 1.71 bits per heavy atom. The van der Waals surface area contributed by atoms with Gasteiger partial charge in [-0.1, -0.05) is 51.8 Å². The first-order valence-electron chi connectivity index (χ1n) is 11.5. The SMILES string of the molecule is O=C1N(CBr)C(=O)[C@@]2(Cl)[C@@H](c3cc(Cl)ccc3O)C3=CCn4c(=O)n(-c5ccccc5)c(=O)n4[C@@H]3C[C@@]12Cl. The summed E-state index contributed by atoms with van der Waals surface area (Å²) < 4.78 is 3.57. The summed E-state index contributed by atoms with van der Waals surface area (Å²) in [6.07, 6.45) is 1.45. The molecule has 9 nitrogen and oxygen atoms in total. The highest BCUT2D eigenvalue weighted by Gasteiger charge is 2.75. The first kappa shape index (κ1) is 25.5. The number of hydrogen-bond acceptors (Lipinski definition) is 5. The third-order valence-electron chi connectivity index (χ3n) is 7.60. The maximum absolute atomic E-state index is 13.8. The van der Waals surface area contributed by atoms with Crippen molar-refractivity contribution in [2.75, 3.05) is 5.45 Å². The summed E-state index contributed by atoms with van der Waals surface area (Å²) in [5.74, 6) is -2.83. The molecular weight excluding hydrogens is 623 g/mol. The second kappa shape index (κ2) is 8.61. The van der Waals surface area contributed by atoms with E-state index in [9.17, 15) is 24.3 Å². The summed E-state index contributed by atoms with van der Waals surface area (Å²) in [5, 5.41) is 11.1. The van der Waals surface area contributed by atoms with Crippen molar-refractivity contribution in [1.29, 1.82) is 0 Å². The molecule has 3 aliphatic rings. The number of phenols is 1. The molecule has 38 heavy (non-hydrogen) atoms. The highest BCUT2D eigenvalue weighted by Crippen LogP contribution is 2.64. The van der Waals surface area contributed by atoms with Crippen LogP contribution < -0.4 is 11.4 Å². The average Bonchev–Trinajstić information content (AvgIpc) is 3.24. The van der Waals surface area contributed by atoms with Crippen molar-refractivity contribution in [1.82, 2.24) is 18.8 Å². The number of aromatic nitrogens is 3. The van der Waals surface area contributed by atoms with Gasteiger partial charge in [0.2, 0.25) is 0 Å². The number of carbonyl (C=O) groups is 2. The molecule has 3 aromatic rings. The Balaban J connectivity index is 1.64. The van der Waals surface area contributed by atoms with Gasteiger partial charge in [-0.25, -0.2) is 23.5 Å². The number of alkyl halides is 3. The highest BCUT2D eigenvalue weighted by atomic mass is 79.9. The Labute approximate surface area is 238 Å². The summed E-state index contributed by atoms with van der Waals surface area (Å²) in [5.41, 5.74) is -0.330. The Morgan fingerprint density at radius 3 is 2.39 bits per heavy atom. The molecule has 1 aliphatic carbocycles. The summed E-state index contributed by atoms with van der Waals surface area (Å²) in [6.45, 7) is -0.00980. The number of likely N-dealkylation sites (tertiary alicyclic amines) is 1. The summed E-state index contributed by atoms with van der Waals surface area (Å²) in [6, 6.07) is 11.8. The maximum Gasteiger partial charge on any atom is 0.352 e. The lowest BCUT2D eigenvalue weighted by Gasteiger charge is -2.49. The summed E-state index contributed by atoms with van der Waals surface area (Å²) >= 11 is 23.7. The van der Waals surface area contributed by atoms with E-state index in [0.29, 0.717) is 11.3 Å². The topological polar surface area (TPSA) is 107 Å². The van der Waals surface area contributed by atoms with E-state index in [4.69, 9.17) is 34.8 Å². The van der Waals surface area contributed by atoms with Crippen LogP contribution in [-0.4, -0.2) is 51.0 Å². The average molecular weight is 641 g/mol. The number of para-hydroxylation sites is 1. The number of fused-ring (bicyclic) bond motifs is 4. The fourth-order valence-electron chi connectivity index (χ4n) is 5.92. The van der Waals surface area contributed by atoms with Crippen molar-refractivity contribution in [3.8, 4) is 11.4 Å². The molecule has 196 valence electrons. The number of rotatable bonds is 3. The quantitative estimate of drug-likeness (QED) is 0.204. The Morgan fingerprint density at radius 1 is 1.00 bits per heavy atom. The lowest BCUT2D eigenvalue weighted by atomic mass is 9.64. The second-order valence-corrected chi connectivity index (χ2v) is 11.6. The smallest absolute Gasteiger partial charge is 0.352 e. The van der Waals surface area contributed by atoms with Gasteiger partial charge in [0.05, 0.1) is 23.7 Å². The van der Waals surface area contributed by atoms with E-state index in [2.05, 4.69) is 15.9 Å². The zero-order valence-electron chi connectivity index (χ0n) is 19.4. The fourth-order valence-corrected chi connectivity index (χ4v) is 7.49. The number of imide groups is 1. The van der Waals surface area contributed by atoms with Gasteiger partial charge in [-0.05, 0) is 35.9 Å². The van der Waals surface area contributed by atoms with Crippen LogP contribution in [0, 0.1) is 0 Å².